The van der Waals surface area contributed by atoms with E-state index in [0.29, 0.717) is 6.42 Å². The van der Waals surface area contributed by atoms with Crippen molar-refractivity contribution in [3.8, 4) is 0 Å². The molecular formula is C14H17N3O. The minimum absolute atomic E-state index is 0.144. The van der Waals surface area contributed by atoms with E-state index in [4.69, 9.17) is 0 Å². The van der Waals surface area contributed by atoms with Gasteiger partial charge in [0.25, 0.3) is 0 Å². The number of carbonyl (C=O) groups excluding carboxylic acids is 1. The SMILES string of the molecule is CN1N=C(c2ccccc2)C2(C)C1CC(=O)N2C. The Labute approximate surface area is 107 Å². The lowest BCUT2D eigenvalue weighted by Crippen LogP contribution is -2.52. The number of carbonyl (C=O) groups is 1. The monoisotopic (exact) mass is 243 g/mol. The van der Waals surface area contributed by atoms with Gasteiger partial charge >= 0.3 is 0 Å². The van der Waals surface area contributed by atoms with Crippen LogP contribution in [0.1, 0.15) is 18.9 Å². The molecule has 2 unspecified atom stereocenters. The van der Waals surface area contributed by atoms with Gasteiger partial charge in [-0.1, -0.05) is 30.3 Å². The van der Waals surface area contributed by atoms with Gasteiger partial charge < -0.3 is 4.90 Å². The van der Waals surface area contributed by atoms with Crippen molar-refractivity contribution in [2.75, 3.05) is 14.1 Å². The number of amides is 1. The molecule has 0 saturated carbocycles. The van der Waals surface area contributed by atoms with Crippen LogP contribution in [-0.4, -0.2) is 47.2 Å². The molecule has 4 nitrogen and oxygen atoms in total. The summed E-state index contributed by atoms with van der Waals surface area (Å²) in [7, 11) is 3.82. The van der Waals surface area contributed by atoms with E-state index in [1.807, 2.05) is 42.2 Å². The molecule has 2 aliphatic rings. The minimum Gasteiger partial charge on any atom is -0.332 e. The molecule has 2 heterocycles. The molecule has 18 heavy (non-hydrogen) atoms. The molecular weight excluding hydrogens is 226 g/mol. The van der Waals surface area contributed by atoms with Crippen molar-refractivity contribution in [3.05, 3.63) is 35.9 Å². The quantitative estimate of drug-likeness (QED) is 0.746. The molecule has 94 valence electrons. The summed E-state index contributed by atoms with van der Waals surface area (Å²) in [6.45, 7) is 2.11. The van der Waals surface area contributed by atoms with Gasteiger partial charge in [0.05, 0.1) is 18.2 Å². The van der Waals surface area contributed by atoms with E-state index < -0.39 is 0 Å². The van der Waals surface area contributed by atoms with Crippen LogP contribution < -0.4 is 0 Å². The van der Waals surface area contributed by atoms with Gasteiger partial charge in [-0.15, -0.1) is 0 Å². The molecule has 0 bridgehead atoms. The van der Waals surface area contributed by atoms with Crippen LogP contribution in [0.3, 0.4) is 0 Å². The number of likely N-dealkylation sites (tertiary alicyclic amines) is 1. The summed E-state index contributed by atoms with van der Waals surface area (Å²) in [5, 5.41) is 6.59. The second-order valence-electron chi connectivity index (χ2n) is 5.21. The molecule has 1 saturated heterocycles. The Morgan fingerprint density at radius 2 is 1.94 bits per heavy atom. The van der Waals surface area contributed by atoms with Crippen LogP contribution in [-0.2, 0) is 4.79 Å². The van der Waals surface area contributed by atoms with Crippen molar-refractivity contribution in [2.24, 2.45) is 5.10 Å². The smallest absolute Gasteiger partial charge is 0.225 e. The van der Waals surface area contributed by atoms with Crippen LogP contribution >= 0.6 is 0 Å². The third kappa shape index (κ3) is 1.26. The Morgan fingerprint density at radius 1 is 1.28 bits per heavy atom. The van der Waals surface area contributed by atoms with Gasteiger partial charge in [0, 0.05) is 19.7 Å². The van der Waals surface area contributed by atoms with Crippen LogP contribution in [0, 0.1) is 0 Å². The lowest BCUT2D eigenvalue weighted by atomic mass is 9.85. The summed E-state index contributed by atoms with van der Waals surface area (Å²) < 4.78 is 0. The van der Waals surface area contributed by atoms with Crippen molar-refractivity contribution in [2.45, 2.75) is 24.9 Å². The second-order valence-corrected chi connectivity index (χ2v) is 5.21. The maximum atomic E-state index is 12.0. The summed E-state index contributed by atoms with van der Waals surface area (Å²) in [6.07, 6.45) is 0.545. The number of hydrogen-bond donors (Lipinski definition) is 0. The molecule has 0 spiro atoms. The number of likely N-dealkylation sites (N-methyl/N-ethyl adjacent to an activating group) is 2. The van der Waals surface area contributed by atoms with Crippen LogP contribution in [0.5, 0.6) is 0 Å². The zero-order valence-corrected chi connectivity index (χ0v) is 10.9. The molecule has 0 aliphatic carbocycles. The number of nitrogens with zero attached hydrogens (tertiary/aromatic N) is 3. The van der Waals surface area contributed by atoms with E-state index >= 15 is 0 Å². The largest absolute Gasteiger partial charge is 0.332 e. The zero-order valence-electron chi connectivity index (χ0n) is 10.9. The van der Waals surface area contributed by atoms with Crippen LogP contribution in [0.2, 0.25) is 0 Å². The van der Waals surface area contributed by atoms with Crippen molar-refractivity contribution >= 4 is 11.6 Å². The average molecular weight is 243 g/mol. The molecule has 0 radical (unpaired) electrons. The summed E-state index contributed by atoms with van der Waals surface area (Å²) >= 11 is 0. The first-order valence-corrected chi connectivity index (χ1v) is 6.19. The maximum Gasteiger partial charge on any atom is 0.225 e. The predicted octanol–water partition coefficient (Wildman–Crippen LogP) is 1.33. The molecule has 3 rings (SSSR count). The molecule has 1 amide bonds. The van der Waals surface area contributed by atoms with Gasteiger partial charge in [-0.2, -0.15) is 5.10 Å². The van der Waals surface area contributed by atoms with E-state index in [1.54, 1.807) is 0 Å². The highest BCUT2D eigenvalue weighted by atomic mass is 16.2. The summed E-state index contributed by atoms with van der Waals surface area (Å²) in [5.41, 5.74) is 1.77. The molecule has 1 aromatic carbocycles. The van der Waals surface area contributed by atoms with Gasteiger partial charge in [0.15, 0.2) is 0 Å². The first-order chi connectivity index (χ1) is 8.55. The first kappa shape index (κ1) is 11.3. The van der Waals surface area contributed by atoms with E-state index in [2.05, 4.69) is 24.2 Å². The average Bonchev–Trinajstić information content (AvgIpc) is 2.76. The highest BCUT2D eigenvalue weighted by molar-refractivity contribution is 6.11. The maximum absolute atomic E-state index is 12.0. The second kappa shape index (κ2) is 3.57. The lowest BCUT2D eigenvalue weighted by Gasteiger charge is -2.33. The fourth-order valence-electron chi connectivity index (χ4n) is 3.07. The van der Waals surface area contributed by atoms with Gasteiger partial charge in [-0.3, -0.25) is 9.80 Å². The fourth-order valence-corrected chi connectivity index (χ4v) is 3.07. The topological polar surface area (TPSA) is 35.9 Å². The molecule has 2 atom stereocenters. The Kier molecular flexibility index (Phi) is 2.24. The highest BCUT2D eigenvalue weighted by Crippen LogP contribution is 2.40. The standard InChI is InChI=1S/C14H17N3O/c1-14-11(9-12(18)16(14)2)17(3)15-13(14)10-7-5-4-6-8-10/h4-8,11H,9H2,1-3H3. The van der Waals surface area contributed by atoms with E-state index in [1.165, 1.54) is 0 Å². The fraction of sp³-hybridized carbons (Fsp3) is 0.429. The Bertz CT molecular complexity index is 525. The number of benzene rings is 1. The van der Waals surface area contributed by atoms with Gasteiger partial charge in [0.2, 0.25) is 5.91 Å². The highest BCUT2D eigenvalue weighted by Gasteiger charge is 2.56. The normalized spacial score (nSPS) is 30.7. The molecule has 0 aromatic heterocycles. The molecule has 1 fully saturated rings. The zero-order chi connectivity index (χ0) is 12.9. The van der Waals surface area contributed by atoms with Crippen molar-refractivity contribution < 1.29 is 4.79 Å². The molecule has 2 aliphatic heterocycles. The number of hydrazone groups is 1. The van der Waals surface area contributed by atoms with Crippen LogP contribution in [0.4, 0.5) is 0 Å². The third-order valence-corrected chi connectivity index (χ3v) is 4.32. The number of rotatable bonds is 1. The lowest BCUT2D eigenvalue weighted by molar-refractivity contribution is -0.128. The first-order valence-electron chi connectivity index (χ1n) is 6.19. The molecule has 4 heteroatoms. The molecule has 1 aromatic rings. The number of hydrogen-bond acceptors (Lipinski definition) is 3. The van der Waals surface area contributed by atoms with Gasteiger partial charge in [0.1, 0.15) is 5.54 Å². The third-order valence-electron chi connectivity index (χ3n) is 4.32. The van der Waals surface area contributed by atoms with Gasteiger partial charge in [-0.05, 0) is 6.92 Å². The molecule has 0 N–H and O–H groups in total. The minimum atomic E-state index is -0.312. The van der Waals surface area contributed by atoms with Crippen molar-refractivity contribution in [1.82, 2.24) is 9.91 Å². The summed E-state index contributed by atoms with van der Waals surface area (Å²) in [4.78, 5) is 13.8. The summed E-state index contributed by atoms with van der Waals surface area (Å²) in [6, 6.07) is 10.3. The van der Waals surface area contributed by atoms with Gasteiger partial charge in [-0.25, -0.2) is 0 Å². The Hall–Kier alpha value is -1.84. The Balaban J connectivity index is 2.11. The Morgan fingerprint density at radius 3 is 2.61 bits per heavy atom. The van der Waals surface area contributed by atoms with Crippen molar-refractivity contribution in [3.63, 3.8) is 0 Å². The van der Waals surface area contributed by atoms with E-state index in [0.717, 1.165) is 11.3 Å². The van der Waals surface area contributed by atoms with Crippen LogP contribution in [0.25, 0.3) is 0 Å². The summed E-state index contributed by atoms with van der Waals surface area (Å²) in [5.74, 6) is 0.192. The predicted molar refractivity (Wildman–Crippen MR) is 70.3 cm³/mol. The van der Waals surface area contributed by atoms with E-state index in [-0.39, 0.29) is 17.5 Å². The van der Waals surface area contributed by atoms with E-state index in [9.17, 15) is 4.79 Å². The number of fused-ring (bicyclic) bond motifs is 1. The van der Waals surface area contributed by atoms with Crippen molar-refractivity contribution in [1.29, 1.82) is 0 Å². The van der Waals surface area contributed by atoms with Crippen LogP contribution in [0.15, 0.2) is 35.4 Å².